The quantitative estimate of drug-likeness (QED) is 0.836. The standard InChI is InChI=1S/C15H23N5O.2ClH/c1-9(2)13-18-12-11(3-6-17-15(12)21)14(19-13)20-7-4-10(16)5-8-20;;/h9-10H,3-8,16H2,1-2H3,(H,17,21);2*1H. The summed E-state index contributed by atoms with van der Waals surface area (Å²) in [5, 5.41) is 2.87. The SMILES string of the molecule is CC(C)c1nc2c(c(N3CCC(N)CC3)n1)CCNC2=O.Cl.Cl. The van der Waals surface area contributed by atoms with Gasteiger partial charge in [0.1, 0.15) is 17.3 Å². The van der Waals surface area contributed by atoms with Crippen molar-refractivity contribution in [3.8, 4) is 0 Å². The Morgan fingerprint density at radius 1 is 1.22 bits per heavy atom. The number of anilines is 1. The number of halogens is 2. The van der Waals surface area contributed by atoms with Gasteiger partial charge in [-0.1, -0.05) is 13.8 Å². The maximum absolute atomic E-state index is 12.1. The monoisotopic (exact) mass is 361 g/mol. The molecule has 0 unspecified atom stereocenters. The second-order valence-electron chi connectivity index (χ2n) is 6.22. The summed E-state index contributed by atoms with van der Waals surface area (Å²) in [7, 11) is 0. The molecule has 1 amide bonds. The lowest BCUT2D eigenvalue weighted by Crippen LogP contribution is -2.42. The van der Waals surface area contributed by atoms with E-state index < -0.39 is 0 Å². The predicted molar refractivity (Wildman–Crippen MR) is 96.1 cm³/mol. The Bertz CT molecular complexity index is 559. The molecule has 0 spiro atoms. The van der Waals surface area contributed by atoms with Gasteiger partial charge in [0.15, 0.2) is 0 Å². The number of fused-ring (bicyclic) bond motifs is 1. The van der Waals surface area contributed by atoms with Gasteiger partial charge in [0.2, 0.25) is 0 Å². The minimum atomic E-state index is -0.0736. The van der Waals surface area contributed by atoms with Gasteiger partial charge in [-0.25, -0.2) is 9.97 Å². The fourth-order valence-corrected chi connectivity index (χ4v) is 2.92. The Morgan fingerprint density at radius 3 is 2.48 bits per heavy atom. The van der Waals surface area contributed by atoms with Gasteiger partial charge in [0.05, 0.1) is 0 Å². The van der Waals surface area contributed by atoms with Crippen LogP contribution < -0.4 is 16.0 Å². The molecule has 23 heavy (non-hydrogen) atoms. The van der Waals surface area contributed by atoms with Crippen LogP contribution >= 0.6 is 24.8 Å². The maximum atomic E-state index is 12.1. The van der Waals surface area contributed by atoms with Crippen molar-refractivity contribution in [1.82, 2.24) is 15.3 Å². The van der Waals surface area contributed by atoms with E-state index in [-0.39, 0.29) is 42.7 Å². The predicted octanol–water partition coefficient (Wildman–Crippen LogP) is 1.66. The van der Waals surface area contributed by atoms with Crippen LogP contribution in [0, 0.1) is 0 Å². The Morgan fingerprint density at radius 2 is 1.87 bits per heavy atom. The van der Waals surface area contributed by atoms with E-state index in [1.165, 1.54) is 0 Å². The molecule has 0 radical (unpaired) electrons. The first-order chi connectivity index (χ1) is 10.1. The molecule has 2 aliphatic rings. The highest BCUT2D eigenvalue weighted by molar-refractivity contribution is 5.96. The molecular formula is C15H25Cl2N5O. The average Bonchev–Trinajstić information content (AvgIpc) is 2.47. The lowest BCUT2D eigenvalue weighted by Gasteiger charge is -2.33. The normalized spacial score (nSPS) is 17.9. The minimum Gasteiger partial charge on any atom is -0.356 e. The van der Waals surface area contributed by atoms with Gasteiger partial charge in [-0.2, -0.15) is 0 Å². The van der Waals surface area contributed by atoms with Crippen molar-refractivity contribution >= 4 is 36.5 Å². The number of nitrogens with two attached hydrogens (primary N) is 1. The van der Waals surface area contributed by atoms with E-state index in [1.807, 2.05) is 0 Å². The van der Waals surface area contributed by atoms with Crippen LogP contribution in [0.1, 0.15) is 54.5 Å². The van der Waals surface area contributed by atoms with E-state index in [2.05, 4.69) is 29.0 Å². The maximum Gasteiger partial charge on any atom is 0.270 e. The highest BCUT2D eigenvalue weighted by Crippen LogP contribution is 2.28. The Labute approximate surface area is 149 Å². The molecule has 1 saturated heterocycles. The molecule has 0 atom stereocenters. The summed E-state index contributed by atoms with van der Waals surface area (Å²) in [5.74, 6) is 1.83. The zero-order valence-corrected chi connectivity index (χ0v) is 15.2. The van der Waals surface area contributed by atoms with E-state index in [4.69, 9.17) is 10.7 Å². The van der Waals surface area contributed by atoms with Crippen LogP contribution in [-0.4, -0.2) is 41.6 Å². The number of nitrogens with one attached hydrogen (secondary N) is 1. The summed E-state index contributed by atoms with van der Waals surface area (Å²) >= 11 is 0. The molecule has 0 saturated carbocycles. The number of piperidine rings is 1. The van der Waals surface area contributed by atoms with Gasteiger partial charge in [-0.15, -0.1) is 24.8 Å². The van der Waals surface area contributed by atoms with Crippen molar-refractivity contribution in [1.29, 1.82) is 0 Å². The molecule has 3 N–H and O–H groups in total. The van der Waals surface area contributed by atoms with Crippen molar-refractivity contribution in [3.05, 3.63) is 17.1 Å². The molecular weight excluding hydrogens is 337 g/mol. The van der Waals surface area contributed by atoms with Crippen LogP contribution in [0.2, 0.25) is 0 Å². The second-order valence-corrected chi connectivity index (χ2v) is 6.22. The van der Waals surface area contributed by atoms with Crippen LogP contribution in [0.25, 0.3) is 0 Å². The summed E-state index contributed by atoms with van der Waals surface area (Å²) in [4.78, 5) is 23.6. The second kappa shape index (κ2) is 8.13. The molecule has 0 bridgehead atoms. The van der Waals surface area contributed by atoms with Crippen molar-refractivity contribution in [2.24, 2.45) is 5.73 Å². The topological polar surface area (TPSA) is 84.1 Å². The smallest absolute Gasteiger partial charge is 0.270 e. The van der Waals surface area contributed by atoms with E-state index in [0.717, 1.165) is 49.6 Å². The van der Waals surface area contributed by atoms with Crippen molar-refractivity contribution in [2.45, 2.75) is 45.1 Å². The van der Waals surface area contributed by atoms with E-state index >= 15 is 0 Å². The number of nitrogens with zero attached hydrogens (tertiary/aromatic N) is 3. The third kappa shape index (κ3) is 4.05. The summed E-state index contributed by atoms with van der Waals surface area (Å²) < 4.78 is 0. The average molecular weight is 362 g/mol. The molecule has 6 nitrogen and oxygen atoms in total. The van der Waals surface area contributed by atoms with Gasteiger partial charge >= 0.3 is 0 Å². The van der Waals surface area contributed by atoms with Gasteiger partial charge in [-0.3, -0.25) is 4.79 Å². The molecule has 1 fully saturated rings. The van der Waals surface area contributed by atoms with Crippen molar-refractivity contribution in [3.63, 3.8) is 0 Å². The number of aromatic nitrogens is 2. The Hall–Kier alpha value is -1.11. The first-order valence-electron chi connectivity index (χ1n) is 7.75. The number of amides is 1. The summed E-state index contributed by atoms with van der Waals surface area (Å²) in [6, 6.07) is 0.284. The number of rotatable bonds is 2. The zero-order chi connectivity index (χ0) is 15.0. The van der Waals surface area contributed by atoms with E-state index in [9.17, 15) is 4.79 Å². The van der Waals surface area contributed by atoms with Crippen LogP contribution in [-0.2, 0) is 6.42 Å². The van der Waals surface area contributed by atoms with E-state index in [0.29, 0.717) is 12.2 Å². The highest BCUT2D eigenvalue weighted by Gasteiger charge is 2.28. The lowest BCUT2D eigenvalue weighted by molar-refractivity contribution is 0.0940. The Balaban J connectivity index is 0.00000132. The molecule has 8 heteroatoms. The molecule has 130 valence electrons. The molecule has 2 aliphatic heterocycles. The van der Waals surface area contributed by atoms with Gasteiger partial charge in [0, 0.05) is 37.2 Å². The van der Waals surface area contributed by atoms with Gasteiger partial charge in [-0.05, 0) is 19.3 Å². The molecule has 3 rings (SSSR count). The minimum absolute atomic E-state index is 0. The van der Waals surface area contributed by atoms with E-state index in [1.54, 1.807) is 0 Å². The van der Waals surface area contributed by atoms with Crippen LogP contribution in [0.3, 0.4) is 0 Å². The molecule has 0 aromatic carbocycles. The molecule has 1 aromatic rings. The first-order valence-corrected chi connectivity index (χ1v) is 7.75. The molecule has 1 aromatic heterocycles. The highest BCUT2D eigenvalue weighted by atomic mass is 35.5. The number of carbonyl (C=O) groups is 1. The van der Waals surface area contributed by atoms with Crippen LogP contribution in [0.5, 0.6) is 0 Å². The van der Waals surface area contributed by atoms with Crippen molar-refractivity contribution in [2.75, 3.05) is 24.5 Å². The lowest BCUT2D eigenvalue weighted by atomic mass is 10.0. The zero-order valence-electron chi connectivity index (χ0n) is 13.5. The van der Waals surface area contributed by atoms with Crippen LogP contribution in [0.4, 0.5) is 5.82 Å². The van der Waals surface area contributed by atoms with Crippen molar-refractivity contribution < 1.29 is 4.79 Å². The number of carbonyl (C=O) groups excluding carboxylic acids is 1. The number of hydrogen-bond donors (Lipinski definition) is 2. The molecule has 0 aliphatic carbocycles. The van der Waals surface area contributed by atoms with Gasteiger partial charge in [0.25, 0.3) is 5.91 Å². The summed E-state index contributed by atoms with van der Waals surface area (Å²) in [6.07, 6.45) is 2.75. The first kappa shape index (κ1) is 19.9. The Kier molecular flexibility index (Phi) is 7.04. The third-order valence-electron chi connectivity index (χ3n) is 4.23. The third-order valence-corrected chi connectivity index (χ3v) is 4.23. The number of hydrogen-bond acceptors (Lipinski definition) is 5. The molecule has 3 heterocycles. The largest absolute Gasteiger partial charge is 0.356 e. The fourth-order valence-electron chi connectivity index (χ4n) is 2.92. The fraction of sp³-hybridized carbons (Fsp3) is 0.667. The van der Waals surface area contributed by atoms with Gasteiger partial charge < -0.3 is 16.0 Å². The summed E-state index contributed by atoms with van der Waals surface area (Å²) in [6.45, 7) is 6.58. The van der Waals surface area contributed by atoms with Crippen LogP contribution in [0.15, 0.2) is 0 Å². The summed E-state index contributed by atoms with van der Waals surface area (Å²) in [5.41, 5.74) is 7.55.